The van der Waals surface area contributed by atoms with Crippen LogP contribution < -0.4 is 16.4 Å². The first-order valence-electron chi connectivity index (χ1n) is 11.4. The Bertz CT molecular complexity index is 1070. The van der Waals surface area contributed by atoms with Gasteiger partial charge in [-0.2, -0.15) is 0 Å². The van der Waals surface area contributed by atoms with Gasteiger partial charge in [0, 0.05) is 30.9 Å². The standard InChI is InChI=1S/C25H30N4O7/c1-3-36-23(32)15-20(18-9-11-19(12-10-18)29(34)35)24(25(26)33)28-22(31)14-13-21(30)27-16(2)17-7-5-4-6-8-17/h4-12,16,20,24H,3,13-15H2,1-2H3,(H2,26,33)(H,27,30)(H,28,31)/t16-,20+,24+/m1/s1. The molecule has 0 aliphatic carbocycles. The number of rotatable bonds is 13. The summed E-state index contributed by atoms with van der Waals surface area (Å²) in [5.41, 5.74) is 6.66. The number of amides is 3. The van der Waals surface area contributed by atoms with Gasteiger partial charge in [-0.3, -0.25) is 29.3 Å². The number of nitro benzene ring substituents is 1. The molecule has 0 saturated carbocycles. The van der Waals surface area contributed by atoms with Gasteiger partial charge in [0.25, 0.3) is 5.69 Å². The van der Waals surface area contributed by atoms with E-state index >= 15 is 0 Å². The van der Waals surface area contributed by atoms with Gasteiger partial charge in [0.05, 0.1) is 24.0 Å². The van der Waals surface area contributed by atoms with Gasteiger partial charge in [-0.05, 0) is 25.0 Å². The Labute approximate surface area is 208 Å². The van der Waals surface area contributed by atoms with Crippen molar-refractivity contribution in [1.82, 2.24) is 10.6 Å². The molecule has 3 amide bonds. The molecule has 0 aliphatic rings. The van der Waals surface area contributed by atoms with Gasteiger partial charge in [0.1, 0.15) is 6.04 Å². The molecular weight excluding hydrogens is 468 g/mol. The Balaban J connectivity index is 2.09. The van der Waals surface area contributed by atoms with Crippen LogP contribution in [0, 0.1) is 10.1 Å². The second-order valence-corrected chi connectivity index (χ2v) is 8.11. The van der Waals surface area contributed by atoms with Crippen molar-refractivity contribution in [3.63, 3.8) is 0 Å². The average molecular weight is 499 g/mol. The minimum atomic E-state index is -1.31. The van der Waals surface area contributed by atoms with E-state index in [1.165, 1.54) is 24.3 Å². The van der Waals surface area contributed by atoms with Crippen molar-refractivity contribution in [2.24, 2.45) is 5.73 Å². The first kappa shape index (κ1) is 28.0. The fraction of sp³-hybridized carbons (Fsp3) is 0.360. The Kier molecular flexibility index (Phi) is 10.5. The summed E-state index contributed by atoms with van der Waals surface area (Å²) in [5, 5.41) is 16.3. The molecule has 2 rings (SSSR count). The van der Waals surface area contributed by atoms with Crippen LogP contribution in [-0.2, 0) is 23.9 Å². The van der Waals surface area contributed by atoms with Gasteiger partial charge in [0.2, 0.25) is 17.7 Å². The third kappa shape index (κ3) is 8.49. The zero-order valence-electron chi connectivity index (χ0n) is 20.1. The quantitative estimate of drug-likeness (QED) is 0.216. The van der Waals surface area contributed by atoms with E-state index in [1.54, 1.807) is 6.92 Å². The number of hydrogen-bond acceptors (Lipinski definition) is 7. The number of hydrogen-bond donors (Lipinski definition) is 3. The highest BCUT2D eigenvalue weighted by Gasteiger charge is 2.32. The molecule has 11 nitrogen and oxygen atoms in total. The lowest BCUT2D eigenvalue weighted by atomic mass is 9.87. The van der Waals surface area contributed by atoms with Crippen LogP contribution in [0.15, 0.2) is 54.6 Å². The second-order valence-electron chi connectivity index (χ2n) is 8.11. The molecule has 4 N–H and O–H groups in total. The highest BCUT2D eigenvalue weighted by Crippen LogP contribution is 2.27. The smallest absolute Gasteiger partial charge is 0.306 e. The van der Waals surface area contributed by atoms with Crippen LogP contribution in [0.1, 0.15) is 56.2 Å². The number of nitrogens with zero attached hydrogens (tertiary/aromatic N) is 1. The van der Waals surface area contributed by atoms with E-state index in [0.29, 0.717) is 5.56 Å². The molecule has 11 heteroatoms. The summed E-state index contributed by atoms with van der Waals surface area (Å²) in [5.74, 6) is -3.43. The topological polar surface area (TPSA) is 171 Å². The van der Waals surface area contributed by atoms with Crippen LogP contribution in [0.5, 0.6) is 0 Å². The van der Waals surface area contributed by atoms with Crippen LogP contribution in [0.25, 0.3) is 0 Å². The largest absolute Gasteiger partial charge is 0.466 e. The molecule has 0 spiro atoms. The summed E-state index contributed by atoms with van der Waals surface area (Å²) >= 11 is 0. The zero-order valence-corrected chi connectivity index (χ0v) is 20.1. The summed E-state index contributed by atoms with van der Waals surface area (Å²) in [4.78, 5) is 59.8. The average Bonchev–Trinajstić information content (AvgIpc) is 2.85. The number of ether oxygens (including phenoxy) is 1. The van der Waals surface area contributed by atoms with E-state index < -0.39 is 34.7 Å². The lowest BCUT2D eigenvalue weighted by Crippen LogP contribution is -2.49. The highest BCUT2D eigenvalue weighted by atomic mass is 16.6. The van der Waals surface area contributed by atoms with E-state index in [4.69, 9.17) is 10.5 Å². The predicted molar refractivity (Wildman–Crippen MR) is 130 cm³/mol. The van der Waals surface area contributed by atoms with Crippen molar-refractivity contribution >= 4 is 29.4 Å². The number of carbonyl (C=O) groups is 4. The minimum absolute atomic E-state index is 0.107. The molecule has 2 aromatic rings. The van der Waals surface area contributed by atoms with Crippen LogP contribution in [0.3, 0.4) is 0 Å². The van der Waals surface area contributed by atoms with E-state index in [0.717, 1.165) is 5.56 Å². The Morgan fingerprint density at radius 1 is 0.944 bits per heavy atom. The number of carbonyl (C=O) groups excluding carboxylic acids is 4. The molecule has 0 aromatic heterocycles. The monoisotopic (exact) mass is 498 g/mol. The zero-order chi connectivity index (χ0) is 26.7. The number of nitrogens with one attached hydrogen (secondary N) is 2. The Morgan fingerprint density at radius 2 is 1.53 bits per heavy atom. The molecule has 2 aromatic carbocycles. The van der Waals surface area contributed by atoms with E-state index in [-0.39, 0.29) is 43.5 Å². The maximum absolute atomic E-state index is 12.6. The maximum Gasteiger partial charge on any atom is 0.306 e. The van der Waals surface area contributed by atoms with E-state index in [2.05, 4.69) is 10.6 Å². The third-order valence-corrected chi connectivity index (χ3v) is 5.51. The fourth-order valence-electron chi connectivity index (χ4n) is 3.65. The molecule has 3 atom stereocenters. The molecule has 0 heterocycles. The van der Waals surface area contributed by atoms with Crippen molar-refractivity contribution in [3.8, 4) is 0 Å². The van der Waals surface area contributed by atoms with Crippen molar-refractivity contribution in [1.29, 1.82) is 0 Å². The number of non-ortho nitro benzene ring substituents is 1. The molecule has 0 saturated heterocycles. The number of benzene rings is 2. The normalized spacial score (nSPS) is 13.1. The van der Waals surface area contributed by atoms with Gasteiger partial charge in [-0.1, -0.05) is 42.5 Å². The van der Waals surface area contributed by atoms with Crippen LogP contribution in [-0.4, -0.2) is 41.3 Å². The van der Waals surface area contributed by atoms with E-state index in [1.807, 2.05) is 37.3 Å². The van der Waals surface area contributed by atoms with Gasteiger partial charge in [-0.25, -0.2) is 0 Å². The van der Waals surface area contributed by atoms with Gasteiger partial charge in [0.15, 0.2) is 0 Å². The summed E-state index contributed by atoms with van der Waals surface area (Å²) < 4.78 is 4.98. The van der Waals surface area contributed by atoms with E-state index in [9.17, 15) is 29.3 Å². The molecule has 0 unspecified atom stereocenters. The number of primary amides is 1. The lowest BCUT2D eigenvalue weighted by Gasteiger charge is -2.25. The van der Waals surface area contributed by atoms with Crippen molar-refractivity contribution in [2.45, 2.75) is 51.1 Å². The van der Waals surface area contributed by atoms with Gasteiger partial charge in [-0.15, -0.1) is 0 Å². The predicted octanol–water partition coefficient (Wildman–Crippen LogP) is 2.26. The van der Waals surface area contributed by atoms with Crippen molar-refractivity contribution in [2.75, 3.05) is 6.61 Å². The Morgan fingerprint density at radius 3 is 2.06 bits per heavy atom. The number of esters is 1. The molecular formula is C25H30N4O7. The molecule has 0 bridgehead atoms. The van der Waals surface area contributed by atoms with Crippen LogP contribution in [0.4, 0.5) is 5.69 Å². The Hall–Kier alpha value is -4.28. The summed E-state index contributed by atoms with van der Waals surface area (Å²) in [6.45, 7) is 3.55. The SMILES string of the molecule is CCOC(=O)C[C@@H](c1ccc([N+](=O)[O-])cc1)[C@H](NC(=O)CCC(=O)N[C@H](C)c1ccccc1)C(N)=O. The van der Waals surface area contributed by atoms with Crippen LogP contribution in [0.2, 0.25) is 0 Å². The summed E-state index contributed by atoms with van der Waals surface area (Å²) in [6, 6.07) is 13.0. The first-order valence-corrected chi connectivity index (χ1v) is 11.4. The highest BCUT2D eigenvalue weighted by molar-refractivity contribution is 5.90. The first-order chi connectivity index (χ1) is 17.1. The summed E-state index contributed by atoms with van der Waals surface area (Å²) in [6.07, 6.45) is -0.646. The molecule has 0 radical (unpaired) electrons. The molecule has 0 aliphatic heterocycles. The van der Waals surface area contributed by atoms with Crippen LogP contribution >= 0.6 is 0 Å². The number of nitrogens with two attached hydrogens (primary N) is 1. The van der Waals surface area contributed by atoms with Gasteiger partial charge >= 0.3 is 5.97 Å². The fourth-order valence-corrected chi connectivity index (χ4v) is 3.65. The molecule has 0 fully saturated rings. The molecule has 36 heavy (non-hydrogen) atoms. The second kappa shape index (κ2) is 13.6. The van der Waals surface area contributed by atoms with Crippen molar-refractivity contribution in [3.05, 3.63) is 75.8 Å². The lowest BCUT2D eigenvalue weighted by molar-refractivity contribution is -0.384. The molecule has 192 valence electrons. The number of nitro groups is 1. The minimum Gasteiger partial charge on any atom is -0.466 e. The third-order valence-electron chi connectivity index (χ3n) is 5.51. The van der Waals surface area contributed by atoms with Crippen molar-refractivity contribution < 1.29 is 28.8 Å². The summed E-state index contributed by atoms with van der Waals surface area (Å²) in [7, 11) is 0. The van der Waals surface area contributed by atoms with Gasteiger partial charge < -0.3 is 21.1 Å². The maximum atomic E-state index is 12.6.